The van der Waals surface area contributed by atoms with Gasteiger partial charge in [0.2, 0.25) is 0 Å². The van der Waals surface area contributed by atoms with Gasteiger partial charge in [0.1, 0.15) is 11.5 Å². The fraction of sp³-hybridized carbons (Fsp3) is 0.350. The molecule has 2 aromatic rings. The fourth-order valence-electron chi connectivity index (χ4n) is 2.95. The molecule has 5 heteroatoms. The van der Waals surface area contributed by atoms with E-state index in [1.54, 1.807) is 7.11 Å². The Balaban J connectivity index is 1.48. The van der Waals surface area contributed by atoms with Crippen molar-refractivity contribution in [3.05, 3.63) is 54.1 Å². The molecule has 0 spiro atoms. The van der Waals surface area contributed by atoms with Gasteiger partial charge in [0.15, 0.2) is 6.61 Å². The van der Waals surface area contributed by atoms with Crippen LogP contribution in [0.3, 0.4) is 0 Å². The molecule has 0 bridgehead atoms. The van der Waals surface area contributed by atoms with Gasteiger partial charge in [-0.15, -0.1) is 0 Å². The molecule has 0 radical (unpaired) electrons. The Morgan fingerprint density at radius 2 is 1.68 bits per heavy atom. The fourth-order valence-corrected chi connectivity index (χ4v) is 2.95. The predicted octanol–water partition coefficient (Wildman–Crippen LogP) is 2.73. The zero-order valence-corrected chi connectivity index (χ0v) is 14.8. The lowest BCUT2D eigenvalue weighted by Crippen LogP contribution is -2.50. The van der Waals surface area contributed by atoms with Gasteiger partial charge in [0.05, 0.1) is 7.11 Å². The van der Waals surface area contributed by atoms with E-state index in [-0.39, 0.29) is 12.5 Å². The van der Waals surface area contributed by atoms with Crippen LogP contribution in [0.5, 0.6) is 11.5 Å². The molecular formula is C20H24N2O3. The van der Waals surface area contributed by atoms with Crippen LogP contribution < -0.4 is 14.4 Å². The molecule has 0 unspecified atom stereocenters. The van der Waals surface area contributed by atoms with E-state index >= 15 is 0 Å². The average molecular weight is 340 g/mol. The van der Waals surface area contributed by atoms with Gasteiger partial charge in [0, 0.05) is 31.9 Å². The third kappa shape index (κ3) is 4.44. The summed E-state index contributed by atoms with van der Waals surface area (Å²) in [6.07, 6.45) is 0. The number of benzene rings is 2. The number of anilines is 1. The van der Waals surface area contributed by atoms with Crippen molar-refractivity contribution in [3.63, 3.8) is 0 Å². The summed E-state index contributed by atoms with van der Waals surface area (Å²) in [4.78, 5) is 16.5. The highest BCUT2D eigenvalue weighted by atomic mass is 16.5. The van der Waals surface area contributed by atoms with E-state index in [1.165, 1.54) is 11.3 Å². The monoisotopic (exact) mass is 340 g/mol. The highest BCUT2D eigenvalue weighted by Gasteiger charge is 2.21. The molecule has 1 fully saturated rings. The summed E-state index contributed by atoms with van der Waals surface area (Å²) in [6, 6.07) is 15.7. The lowest BCUT2D eigenvalue weighted by Gasteiger charge is -2.36. The molecule has 1 aliphatic heterocycles. The van der Waals surface area contributed by atoms with E-state index in [1.807, 2.05) is 29.2 Å². The minimum absolute atomic E-state index is 0.0275. The molecule has 2 aromatic carbocycles. The van der Waals surface area contributed by atoms with E-state index in [9.17, 15) is 4.79 Å². The summed E-state index contributed by atoms with van der Waals surface area (Å²) in [5.41, 5.74) is 2.48. The standard InChI is InChI=1S/C20H24N2O3/c1-16-4-3-5-17(14-16)21-10-12-22(13-11-21)20(23)15-25-19-8-6-18(24-2)7-9-19/h3-9,14H,10-13,15H2,1-2H3. The van der Waals surface area contributed by atoms with Crippen molar-refractivity contribution in [1.29, 1.82) is 0 Å². The van der Waals surface area contributed by atoms with Crippen LogP contribution in [0.2, 0.25) is 0 Å². The highest BCUT2D eigenvalue weighted by Crippen LogP contribution is 2.19. The Morgan fingerprint density at radius 3 is 2.32 bits per heavy atom. The number of aryl methyl sites for hydroxylation is 1. The summed E-state index contributed by atoms with van der Waals surface area (Å²) >= 11 is 0. The number of amides is 1. The van der Waals surface area contributed by atoms with E-state index in [0.29, 0.717) is 5.75 Å². The number of methoxy groups -OCH3 is 1. The predicted molar refractivity (Wildman–Crippen MR) is 98.5 cm³/mol. The Morgan fingerprint density at radius 1 is 1.00 bits per heavy atom. The topological polar surface area (TPSA) is 42.0 Å². The summed E-state index contributed by atoms with van der Waals surface area (Å²) in [5.74, 6) is 1.47. The molecule has 132 valence electrons. The quantitative estimate of drug-likeness (QED) is 0.839. The van der Waals surface area contributed by atoms with Gasteiger partial charge in [-0.2, -0.15) is 0 Å². The first kappa shape index (κ1) is 17.1. The van der Waals surface area contributed by atoms with Crippen molar-refractivity contribution in [1.82, 2.24) is 4.90 Å². The van der Waals surface area contributed by atoms with Crippen molar-refractivity contribution in [2.45, 2.75) is 6.92 Å². The molecule has 1 heterocycles. The molecule has 1 saturated heterocycles. The van der Waals surface area contributed by atoms with Gasteiger partial charge in [0.25, 0.3) is 5.91 Å². The molecule has 0 aliphatic carbocycles. The van der Waals surface area contributed by atoms with Crippen molar-refractivity contribution >= 4 is 11.6 Å². The van der Waals surface area contributed by atoms with Crippen LogP contribution in [-0.2, 0) is 4.79 Å². The van der Waals surface area contributed by atoms with Crippen molar-refractivity contribution in [2.75, 3.05) is 44.8 Å². The second kappa shape index (κ2) is 7.92. The summed E-state index contributed by atoms with van der Waals surface area (Å²) in [5, 5.41) is 0. The maximum absolute atomic E-state index is 12.3. The smallest absolute Gasteiger partial charge is 0.260 e. The molecule has 3 rings (SSSR count). The number of ether oxygens (including phenoxy) is 2. The van der Waals surface area contributed by atoms with E-state index in [4.69, 9.17) is 9.47 Å². The summed E-state index contributed by atoms with van der Waals surface area (Å²) in [6.45, 7) is 5.30. The van der Waals surface area contributed by atoms with Gasteiger partial charge < -0.3 is 19.3 Å². The maximum atomic E-state index is 12.3. The number of rotatable bonds is 5. The molecule has 25 heavy (non-hydrogen) atoms. The Kier molecular flexibility index (Phi) is 5.43. The molecule has 0 atom stereocenters. The zero-order chi connectivity index (χ0) is 17.6. The Hall–Kier alpha value is -2.69. The zero-order valence-electron chi connectivity index (χ0n) is 14.8. The Bertz CT molecular complexity index is 707. The van der Waals surface area contributed by atoms with Crippen LogP contribution in [0.4, 0.5) is 5.69 Å². The maximum Gasteiger partial charge on any atom is 0.260 e. The number of piperazine rings is 1. The molecule has 1 amide bonds. The van der Waals surface area contributed by atoms with Crippen LogP contribution in [0, 0.1) is 6.92 Å². The van der Waals surface area contributed by atoms with E-state index in [2.05, 4.69) is 36.1 Å². The number of carbonyl (C=O) groups is 1. The molecule has 0 aromatic heterocycles. The van der Waals surface area contributed by atoms with Gasteiger partial charge in [-0.1, -0.05) is 12.1 Å². The first-order valence-corrected chi connectivity index (χ1v) is 8.52. The normalized spacial score (nSPS) is 14.3. The average Bonchev–Trinajstić information content (AvgIpc) is 2.66. The third-order valence-electron chi connectivity index (χ3n) is 4.42. The third-order valence-corrected chi connectivity index (χ3v) is 4.42. The highest BCUT2D eigenvalue weighted by molar-refractivity contribution is 5.78. The molecule has 1 aliphatic rings. The largest absolute Gasteiger partial charge is 0.497 e. The number of hydrogen-bond acceptors (Lipinski definition) is 4. The van der Waals surface area contributed by atoms with Crippen molar-refractivity contribution < 1.29 is 14.3 Å². The van der Waals surface area contributed by atoms with E-state index < -0.39 is 0 Å². The second-order valence-electron chi connectivity index (χ2n) is 6.17. The Labute approximate surface area is 148 Å². The van der Waals surface area contributed by atoms with Gasteiger partial charge >= 0.3 is 0 Å². The van der Waals surface area contributed by atoms with Crippen molar-refractivity contribution in [2.24, 2.45) is 0 Å². The first-order chi connectivity index (χ1) is 12.2. The molecular weight excluding hydrogens is 316 g/mol. The van der Waals surface area contributed by atoms with Gasteiger partial charge in [-0.3, -0.25) is 4.79 Å². The first-order valence-electron chi connectivity index (χ1n) is 8.52. The molecule has 0 N–H and O–H groups in total. The number of nitrogens with zero attached hydrogens (tertiary/aromatic N) is 2. The van der Waals surface area contributed by atoms with Crippen molar-refractivity contribution in [3.8, 4) is 11.5 Å². The van der Waals surface area contributed by atoms with Crippen LogP contribution in [0.1, 0.15) is 5.56 Å². The lowest BCUT2D eigenvalue weighted by atomic mass is 10.2. The van der Waals surface area contributed by atoms with Crippen LogP contribution in [-0.4, -0.2) is 50.7 Å². The number of carbonyl (C=O) groups excluding carboxylic acids is 1. The molecule has 0 saturated carbocycles. The minimum Gasteiger partial charge on any atom is -0.497 e. The van der Waals surface area contributed by atoms with Gasteiger partial charge in [-0.05, 0) is 48.9 Å². The SMILES string of the molecule is COc1ccc(OCC(=O)N2CCN(c3cccc(C)c3)CC2)cc1. The van der Waals surface area contributed by atoms with E-state index in [0.717, 1.165) is 31.9 Å². The summed E-state index contributed by atoms with van der Waals surface area (Å²) < 4.78 is 10.7. The minimum atomic E-state index is 0.0275. The van der Waals surface area contributed by atoms with Crippen LogP contribution >= 0.6 is 0 Å². The second-order valence-corrected chi connectivity index (χ2v) is 6.17. The van der Waals surface area contributed by atoms with Crippen LogP contribution in [0.25, 0.3) is 0 Å². The summed E-state index contributed by atoms with van der Waals surface area (Å²) in [7, 11) is 1.62. The lowest BCUT2D eigenvalue weighted by molar-refractivity contribution is -0.133. The van der Waals surface area contributed by atoms with Crippen LogP contribution in [0.15, 0.2) is 48.5 Å². The molecule has 5 nitrogen and oxygen atoms in total. The number of hydrogen-bond donors (Lipinski definition) is 0. The van der Waals surface area contributed by atoms with Gasteiger partial charge in [-0.25, -0.2) is 0 Å².